The molecule has 1 aliphatic rings. The van der Waals surface area contributed by atoms with Crippen molar-refractivity contribution in [1.29, 1.82) is 0 Å². The van der Waals surface area contributed by atoms with E-state index in [2.05, 4.69) is 15.4 Å². The fourth-order valence-corrected chi connectivity index (χ4v) is 4.94. The fraction of sp³-hybridized carbons (Fsp3) is 0.588. The molecule has 2 amide bonds. The molecule has 10 heteroatoms. The average Bonchev–Trinajstić information content (AvgIpc) is 2.56. The van der Waals surface area contributed by atoms with E-state index in [4.69, 9.17) is 0 Å². The molecular formula is C17H29N3O5S2. The highest BCUT2D eigenvalue weighted by molar-refractivity contribution is 7.93. The Bertz CT molecular complexity index is 836. The largest absolute Gasteiger partial charge is 0.335 e. The third-order valence-electron chi connectivity index (χ3n) is 4.28. The number of rotatable bonds is 8. The van der Waals surface area contributed by atoms with Crippen molar-refractivity contribution in [2.45, 2.75) is 44.6 Å². The second-order valence-corrected chi connectivity index (χ2v) is 11.0. The number of sulfone groups is 1. The van der Waals surface area contributed by atoms with Gasteiger partial charge in [-0.3, -0.25) is 4.72 Å². The van der Waals surface area contributed by atoms with Crippen LogP contribution in [0.3, 0.4) is 0 Å². The van der Waals surface area contributed by atoms with Gasteiger partial charge in [-0.1, -0.05) is 19.3 Å². The van der Waals surface area contributed by atoms with Crippen molar-refractivity contribution >= 4 is 37.3 Å². The normalized spacial score (nSPS) is 15.9. The number of hydrogen-bond acceptors (Lipinski definition) is 5. The first kappa shape index (κ1) is 21.5. The fourth-order valence-electron chi connectivity index (χ4n) is 2.96. The summed E-state index contributed by atoms with van der Waals surface area (Å²) in [4.78, 5) is 12.0. The summed E-state index contributed by atoms with van der Waals surface area (Å²) in [5.74, 6) is -0.448. The Morgan fingerprint density at radius 1 is 1.00 bits per heavy atom. The van der Waals surface area contributed by atoms with Gasteiger partial charge in [0, 0.05) is 25.1 Å². The monoisotopic (exact) mass is 419 g/mol. The van der Waals surface area contributed by atoms with Gasteiger partial charge in [0.05, 0.1) is 11.5 Å². The third kappa shape index (κ3) is 8.61. The standard InChI is InChI=1S/C17H27N3O5S2.H2/c1-26(22,23)12-5-13-27(24,25)20-16-10-8-15(9-11-16)19-17(21)18-14-6-3-2-4-7-14;/h8-11,14,20H,2-7,12-13H2,1H3,(H2,18,19,21);1H. The molecule has 3 N–H and O–H groups in total. The number of benzene rings is 1. The van der Waals surface area contributed by atoms with Gasteiger partial charge in [-0.25, -0.2) is 21.6 Å². The first-order chi connectivity index (χ1) is 12.6. The first-order valence-electron chi connectivity index (χ1n) is 8.99. The smallest absolute Gasteiger partial charge is 0.319 e. The summed E-state index contributed by atoms with van der Waals surface area (Å²) in [7, 11) is -6.81. The van der Waals surface area contributed by atoms with Crippen molar-refractivity contribution in [3.63, 3.8) is 0 Å². The molecule has 0 saturated heterocycles. The number of hydrogen-bond donors (Lipinski definition) is 3. The molecule has 1 fully saturated rings. The maximum absolute atomic E-state index is 12.0. The van der Waals surface area contributed by atoms with Crippen molar-refractivity contribution in [2.75, 3.05) is 27.8 Å². The van der Waals surface area contributed by atoms with Crippen molar-refractivity contribution < 1.29 is 23.1 Å². The van der Waals surface area contributed by atoms with E-state index in [1.54, 1.807) is 24.3 Å². The van der Waals surface area contributed by atoms with E-state index in [0.29, 0.717) is 11.4 Å². The molecule has 2 rings (SSSR count). The highest BCUT2D eigenvalue weighted by atomic mass is 32.2. The van der Waals surface area contributed by atoms with E-state index >= 15 is 0 Å². The Morgan fingerprint density at radius 2 is 1.59 bits per heavy atom. The van der Waals surface area contributed by atoms with E-state index in [9.17, 15) is 21.6 Å². The summed E-state index contributed by atoms with van der Waals surface area (Å²) in [5, 5.41) is 5.68. The summed E-state index contributed by atoms with van der Waals surface area (Å²) in [5.41, 5.74) is 0.913. The molecule has 0 heterocycles. The molecule has 1 aromatic carbocycles. The van der Waals surface area contributed by atoms with Crippen LogP contribution in [0.1, 0.15) is 40.0 Å². The van der Waals surface area contributed by atoms with Crippen molar-refractivity contribution in [3.05, 3.63) is 24.3 Å². The molecule has 0 atom stereocenters. The molecule has 1 saturated carbocycles. The van der Waals surface area contributed by atoms with Crippen LogP contribution in [-0.4, -0.2) is 46.7 Å². The zero-order chi connectivity index (χ0) is 19.9. The van der Waals surface area contributed by atoms with Crippen LogP contribution >= 0.6 is 0 Å². The third-order valence-corrected chi connectivity index (χ3v) is 6.69. The average molecular weight is 420 g/mol. The zero-order valence-corrected chi connectivity index (χ0v) is 17.0. The van der Waals surface area contributed by atoms with Crippen LogP contribution in [0.2, 0.25) is 0 Å². The van der Waals surface area contributed by atoms with Gasteiger partial charge >= 0.3 is 6.03 Å². The van der Waals surface area contributed by atoms with Crippen LogP contribution in [0, 0.1) is 0 Å². The van der Waals surface area contributed by atoms with E-state index in [-0.39, 0.29) is 31.4 Å². The van der Waals surface area contributed by atoms with E-state index in [1.807, 2.05) is 0 Å². The van der Waals surface area contributed by atoms with Gasteiger partial charge in [0.2, 0.25) is 10.0 Å². The van der Waals surface area contributed by atoms with Crippen LogP contribution in [0.4, 0.5) is 16.2 Å². The second-order valence-electron chi connectivity index (χ2n) is 6.92. The van der Waals surface area contributed by atoms with E-state index in [1.165, 1.54) is 6.42 Å². The summed E-state index contributed by atoms with van der Waals surface area (Å²) < 4.78 is 48.5. The zero-order valence-electron chi connectivity index (χ0n) is 15.4. The van der Waals surface area contributed by atoms with Crippen LogP contribution < -0.4 is 15.4 Å². The van der Waals surface area contributed by atoms with Gasteiger partial charge in [0.15, 0.2) is 0 Å². The van der Waals surface area contributed by atoms with Crippen LogP contribution in [-0.2, 0) is 19.9 Å². The molecule has 0 aliphatic heterocycles. The van der Waals surface area contributed by atoms with Crippen LogP contribution in [0.5, 0.6) is 0 Å². The molecule has 1 aromatic rings. The quantitative estimate of drug-likeness (QED) is 0.598. The lowest BCUT2D eigenvalue weighted by Gasteiger charge is -2.22. The minimum atomic E-state index is -3.63. The molecule has 0 spiro atoms. The van der Waals surface area contributed by atoms with Crippen LogP contribution in [0.25, 0.3) is 0 Å². The Labute approximate surface area is 162 Å². The molecule has 0 aromatic heterocycles. The Kier molecular flexibility index (Phi) is 7.49. The molecule has 1 aliphatic carbocycles. The summed E-state index contributed by atoms with van der Waals surface area (Å²) in [6.07, 6.45) is 6.57. The number of anilines is 2. The molecule has 0 bridgehead atoms. The Morgan fingerprint density at radius 3 is 2.19 bits per heavy atom. The maximum atomic E-state index is 12.0. The maximum Gasteiger partial charge on any atom is 0.319 e. The summed E-state index contributed by atoms with van der Waals surface area (Å²) in [6.45, 7) is 0. The van der Waals surface area contributed by atoms with Crippen LogP contribution in [0.15, 0.2) is 24.3 Å². The molecule has 0 radical (unpaired) electrons. The first-order valence-corrected chi connectivity index (χ1v) is 12.7. The lowest BCUT2D eigenvalue weighted by atomic mass is 9.96. The predicted octanol–water partition coefficient (Wildman–Crippen LogP) is 2.56. The predicted molar refractivity (Wildman–Crippen MR) is 109 cm³/mol. The van der Waals surface area contributed by atoms with Gasteiger partial charge in [-0.15, -0.1) is 0 Å². The number of sulfonamides is 1. The van der Waals surface area contributed by atoms with Crippen molar-refractivity contribution in [3.8, 4) is 0 Å². The highest BCUT2D eigenvalue weighted by Crippen LogP contribution is 2.18. The lowest BCUT2D eigenvalue weighted by Crippen LogP contribution is -2.38. The summed E-state index contributed by atoms with van der Waals surface area (Å²) in [6, 6.07) is 6.24. The molecule has 154 valence electrons. The minimum absolute atomic E-state index is 0. The highest BCUT2D eigenvalue weighted by Gasteiger charge is 2.16. The summed E-state index contributed by atoms with van der Waals surface area (Å²) >= 11 is 0. The second kappa shape index (κ2) is 9.41. The Hall–Kier alpha value is -1.81. The molecule has 0 unspecified atom stereocenters. The van der Waals surface area contributed by atoms with E-state index < -0.39 is 19.9 Å². The number of amides is 2. The topological polar surface area (TPSA) is 121 Å². The number of nitrogens with one attached hydrogen (secondary N) is 3. The van der Waals surface area contributed by atoms with Crippen molar-refractivity contribution in [1.82, 2.24) is 5.32 Å². The van der Waals surface area contributed by atoms with Gasteiger partial charge < -0.3 is 10.6 Å². The molecule has 27 heavy (non-hydrogen) atoms. The number of urea groups is 1. The number of carbonyl (C=O) groups is 1. The minimum Gasteiger partial charge on any atom is -0.335 e. The lowest BCUT2D eigenvalue weighted by molar-refractivity contribution is 0.244. The number of carbonyl (C=O) groups excluding carboxylic acids is 1. The SMILES string of the molecule is CS(=O)(=O)CCCS(=O)(=O)Nc1ccc(NC(=O)NC2CCCCC2)cc1.[HH]. The van der Waals surface area contributed by atoms with Gasteiger partial charge in [-0.2, -0.15) is 0 Å². The van der Waals surface area contributed by atoms with Gasteiger partial charge in [0.25, 0.3) is 0 Å². The van der Waals surface area contributed by atoms with Gasteiger partial charge in [0.1, 0.15) is 9.84 Å². The molecular weight excluding hydrogens is 390 g/mol. The van der Waals surface area contributed by atoms with Gasteiger partial charge in [-0.05, 0) is 43.5 Å². The van der Waals surface area contributed by atoms with Crippen molar-refractivity contribution in [2.24, 2.45) is 0 Å². The molecule has 8 nitrogen and oxygen atoms in total. The Balaban J connectivity index is 0.00000392. The van der Waals surface area contributed by atoms with E-state index in [0.717, 1.165) is 31.9 Å².